The fourth-order valence-corrected chi connectivity index (χ4v) is 5.45. The molecule has 1 saturated heterocycles. The SMILES string of the molecule is Cc1[nH]nc(CNC(C)C)c1S(=O)(=O)N1CCSC(C)C1. The largest absolute Gasteiger partial charge is 0.309 e. The summed E-state index contributed by atoms with van der Waals surface area (Å²) in [5, 5.41) is 10.5. The van der Waals surface area contributed by atoms with Crippen molar-refractivity contribution in [2.24, 2.45) is 0 Å². The molecule has 2 heterocycles. The minimum absolute atomic E-state index is 0.281. The Morgan fingerprint density at radius 3 is 2.86 bits per heavy atom. The molecule has 8 heteroatoms. The lowest BCUT2D eigenvalue weighted by Gasteiger charge is -2.29. The van der Waals surface area contributed by atoms with Crippen molar-refractivity contribution in [1.82, 2.24) is 19.8 Å². The second kappa shape index (κ2) is 6.68. The van der Waals surface area contributed by atoms with Crippen molar-refractivity contribution in [2.75, 3.05) is 18.8 Å². The third-order valence-corrected chi connectivity index (χ3v) is 6.65. The van der Waals surface area contributed by atoms with Gasteiger partial charge >= 0.3 is 0 Å². The molecule has 0 spiro atoms. The summed E-state index contributed by atoms with van der Waals surface area (Å²) in [5.41, 5.74) is 1.19. The van der Waals surface area contributed by atoms with Crippen LogP contribution in [0.5, 0.6) is 0 Å². The smallest absolute Gasteiger partial charge is 0.246 e. The van der Waals surface area contributed by atoms with Gasteiger partial charge in [0.15, 0.2) is 0 Å². The predicted octanol–water partition coefficient (Wildman–Crippen LogP) is 1.34. The van der Waals surface area contributed by atoms with Crippen molar-refractivity contribution in [3.8, 4) is 0 Å². The summed E-state index contributed by atoms with van der Waals surface area (Å²) >= 11 is 1.82. The van der Waals surface area contributed by atoms with E-state index in [9.17, 15) is 8.42 Å². The van der Waals surface area contributed by atoms with Gasteiger partial charge in [0, 0.05) is 36.7 Å². The number of sulfonamides is 1. The van der Waals surface area contributed by atoms with Gasteiger partial charge in [0.2, 0.25) is 10.0 Å². The normalized spacial score (nSPS) is 21.1. The predicted molar refractivity (Wildman–Crippen MR) is 86.0 cm³/mol. The Morgan fingerprint density at radius 1 is 1.52 bits per heavy atom. The summed E-state index contributed by atoms with van der Waals surface area (Å²) in [7, 11) is -3.47. The minimum Gasteiger partial charge on any atom is -0.309 e. The fourth-order valence-electron chi connectivity index (χ4n) is 2.37. The maximum Gasteiger partial charge on any atom is 0.246 e. The summed E-state index contributed by atoms with van der Waals surface area (Å²) in [4.78, 5) is 0.342. The molecule has 21 heavy (non-hydrogen) atoms. The molecule has 1 aliphatic heterocycles. The second-order valence-electron chi connectivity index (χ2n) is 5.70. The summed E-state index contributed by atoms with van der Waals surface area (Å²) < 4.78 is 27.4. The highest BCUT2D eigenvalue weighted by atomic mass is 32.2. The molecule has 1 aromatic rings. The molecule has 0 saturated carbocycles. The molecular weight excluding hydrogens is 308 g/mol. The Labute approximate surface area is 131 Å². The van der Waals surface area contributed by atoms with Gasteiger partial charge in [-0.25, -0.2) is 8.42 Å². The monoisotopic (exact) mass is 332 g/mol. The third kappa shape index (κ3) is 3.80. The van der Waals surface area contributed by atoms with E-state index in [4.69, 9.17) is 0 Å². The molecule has 0 amide bonds. The van der Waals surface area contributed by atoms with Crippen LogP contribution in [0.15, 0.2) is 4.90 Å². The summed E-state index contributed by atoms with van der Waals surface area (Å²) in [5.74, 6) is 0.844. The van der Waals surface area contributed by atoms with Gasteiger partial charge < -0.3 is 5.32 Å². The molecule has 120 valence electrons. The first-order chi connectivity index (χ1) is 9.82. The number of aromatic nitrogens is 2. The van der Waals surface area contributed by atoms with Gasteiger partial charge in [-0.05, 0) is 6.92 Å². The lowest BCUT2D eigenvalue weighted by Crippen LogP contribution is -2.41. The molecule has 1 aliphatic rings. The lowest BCUT2D eigenvalue weighted by atomic mass is 10.3. The highest BCUT2D eigenvalue weighted by Gasteiger charge is 2.33. The van der Waals surface area contributed by atoms with Crippen LogP contribution in [0.2, 0.25) is 0 Å². The molecule has 0 bridgehead atoms. The van der Waals surface area contributed by atoms with Gasteiger partial charge in [0.05, 0.1) is 11.4 Å². The van der Waals surface area contributed by atoms with Crippen LogP contribution >= 0.6 is 11.8 Å². The van der Waals surface area contributed by atoms with E-state index in [-0.39, 0.29) is 6.04 Å². The first-order valence-electron chi connectivity index (χ1n) is 7.21. The standard InChI is InChI=1S/C13H24N4O2S2/c1-9(2)14-7-12-13(11(4)15-16-12)21(18,19)17-5-6-20-10(3)8-17/h9-10,14H,5-8H2,1-4H3,(H,15,16). The molecule has 1 aromatic heterocycles. The van der Waals surface area contributed by atoms with E-state index in [2.05, 4.69) is 22.4 Å². The zero-order valence-corrected chi connectivity index (χ0v) is 14.6. The number of nitrogens with one attached hydrogen (secondary N) is 2. The van der Waals surface area contributed by atoms with Gasteiger partial charge in [0.25, 0.3) is 0 Å². The van der Waals surface area contributed by atoms with Crippen molar-refractivity contribution in [2.45, 2.75) is 50.4 Å². The number of hydrogen-bond donors (Lipinski definition) is 2. The van der Waals surface area contributed by atoms with Crippen LogP contribution in [-0.4, -0.2) is 53.1 Å². The van der Waals surface area contributed by atoms with Gasteiger partial charge in [-0.1, -0.05) is 20.8 Å². The van der Waals surface area contributed by atoms with Crippen LogP contribution in [0.1, 0.15) is 32.2 Å². The Morgan fingerprint density at radius 2 is 2.24 bits per heavy atom. The number of H-pyrrole nitrogens is 1. The first-order valence-corrected chi connectivity index (χ1v) is 9.70. The molecule has 0 aliphatic carbocycles. The topological polar surface area (TPSA) is 78.1 Å². The molecule has 1 unspecified atom stereocenters. The number of nitrogens with zero attached hydrogens (tertiary/aromatic N) is 2. The van der Waals surface area contributed by atoms with Gasteiger partial charge in [-0.3, -0.25) is 5.10 Å². The van der Waals surface area contributed by atoms with Crippen LogP contribution < -0.4 is 5.32 Å². The van der Waals surface area contributed by atoms with E-state index in [1.165, 1.54) is 0 Å². The summed E-state index contributed by atoms with van der Waals surface area (Å²) in [6, 6.07) is 0.281. The average molecular weight is 332 g/mol. The van der Waals surface area contributed by atoms with Crippen molar-refractivity contribution in [3.63, 3.8) is 0 Å². The van der Waals surface area contributed by atoms with Crippen molar-refractivity contribution >= 4 is 21.8 Å². The van der Waals surface area contributed by atoms with Crippen molar-refractivity contribution < 1.29 is 8.42 Å². The van der Waals surface area contributed by atoms with Gasteiger partial charge in [0.1, 0.15) is 4.90 Å². The fraction of sp³-hybridized carbons (Fsp3) is 0.769. The number of thioether (sulfide) groups is 1. The van der Waals surface area contributed by atoms with Gasteiger partial charge in [-0.15, -0.1) is 0 Å². The lowest BCUT2D eigenvalue weighted by molar-refractivity contribution is 0.423. The van der Waals surface area contributed by atoms with E-state index < -0.39 is 10.0 Å². The number of aromatic amines is 1. The first kappa shape index (κ1) is 16.8. The van der Waals surface area contributed by atoms with Gasteiger partial charge in [-0.2, -0.15) is 21.2 Å². The van der Waals surface area contributed by atoms with Crippen LogP contribution in [0, 0.1) is 6.92 Å². The quantitative estimate of drug-likeness (QED) is 0.851. The Balaban J connectivity index is 2.28. The van der Waals surface area contributed by atoms with E-state index in [1.807, 2.05) is 25.6 Å². The molecular formula is C13H24N4O2S2. The molecule has 0 aromatic carbocycles. The van der Waals surface area contributed by atoms with Crippen LogP contribution in [-0.2, 0) is 16.6 Å². The molecule has 6 nitrogen and oxygen atoms in total. The zero-order chi connectivity index (χ0) is 15.6. The van der Waals surface area contributed by atoms with E-state index in [0.717, 1.165) is 5.75 Å². The van der Waals surface area contributed by atoms with Crippen LogP contribution in [0.25, 0.3) is 0 Å². The van der Waals surface area contributed by atoms with Crippen molar-refractivity contribution in [3.05, 3.63) is 11.4 Å². The Bertz CT molecular complexity index is 583. The zero-order valence-electron chi connectivity index (χ0n) is 13.0. The highest BCUT2D eigenvalue weighted by Crippen LogP contribution is 2.27. The Kier molecular flexibility index (Phi) is 5.34. The van der Waals surface area contributed by atoms with E-state index >= 15 is 0 Å². The van der Waals surface area contributed by atoms with Crippen LogP contribution in [0.4, 0.5) is 0 Å². The van der Waals surface area contributed by atoms with E-state index in [1.54, 1.807) is 11.2 Å². The molecule has 2 N–H and O–H groups in total. The third-order valence-electron chi connectivity index (χ3n) is 3.44. The maximum atomic E-state index is 12.9. The number of rotatable bonds is 5. The maximum absolute atomic E-state index is 12.9. The molecule has 0 radical (unpaired) electrons. The second-order valence-corrected chi connectivity index (χ2v) is 9.13. The van der Waals surface area contributed by atoms with Crippen molar-refractivity contribution in [1.29, 1.82) is 0 Å². The summed E-state index contributed by atoms with van der Waals surface area (Å²) in [6.45, 7) is 9.47. The Hall–Kier alpha value is -0.570. The minimum atomic E-state index is -3.47. The van der Waals surface area contributed by atoms with Crippen LogP contribution in [0.3, 0.4) is 0 Å². The molecule has 1 atom stereocenters. The van der Waals surface area contributed by atoms with E-state index in [0.29, 0.717) is 41.2 Å². The molecule has 2 rings (SSSR count). The highest BCUT2D eigenvalue weighted by molar-refractivity contribution is 8.00. The average Bonchev–Trinajstić information content (AvgIpc) is 2.78. The summed E-state index contributed by atoms with van der Waals surface area (Å²) in [6.07, 6.45) is 0. The molecule has 1 fully saturated rings. The number of aryl methyl sites for hydroxylation is 1. The number of hydrogen-bond acceptors (Lipinski definition) is 5.